The van der Waals surface area contributed by atoms with Gasteiger partial charge in [0.25, 0.3) is 0 Å². The molecule has 0 aliphatic carbocycles. The van der Waals surface area contributed by atoms with Crippen molar-refractivity contribution in [2.75, 3.05) is 19.5 Å². The number of benzene rings is 2. The van der Waals surface area contributed by atoms with Crippen LogP contribution in [0.1, 0.15) is 29.9 Å². The molecule has 2 aromatic carbocycles. The number of methoxy groups -OCH3 is 2. The summed E-state index contributed by atoms with van der Waals surface area (Å²) < 4.78 is 12.5. The van der Waals surface area contributed by atoms with E-state index in [0.29, 0.717) is 17.2 Å². The van der Waals surface area contributed by atoms with Gasteiger partial charge in [-0.25, -0.2) is 9.48 Å². The zero-order valence-corrected chi connectivity index (χ0v) is 17.3. The molecule has 7 heteroatoms. The molecule has 0 saturated heterocycles. The SMILES string of the molecule is COc1ccc(OC)c([C@H](C)NC(=O)Nc2ccccc2-n2nc(C)cc2C)c1. The first-order chi connectivity index (χ1) is 13.9. The Morgan fingerprint density at radius 3 is 2.48 bits per heavy atom. The van der Waals surface area contributed by atoms with Crippen LogP contribution in [-0.4, -0.2) is 30.0 Å². The predicted molar refractivity (Wildman–Crippen MR) is 113 cm³/mol. The fourth-order valence-corrected chi connectivity index (χ4v) is 3.25. The highest BCUT2D eigenvalue weighted by atomic mass is 16.5. The second kappa shape index (κ2) is 8.68. The number of nitrogens with one attached hydrogen (secondary N) is 2. The fourth-order valence-electron chi connectivity index (χ4n) is 3.25. The number of hydrogen-bond acceptors (Lipinski definition) is 4. The highest BCUT2D eigenvalue weighted by molar-refractivity contribution is 5.91. The van der Waals surface area contributed by atoms with Gasteiger partial charge in [-0.3, -0.25) is 0 Å². The van der Waals surface area contributed by atoms with Crippen LogP contribution in [0.3, 0.4) is 0 Å². The van der Waals surface area contributed by atoms with Gasteiger partial charge >= 0.3 is 6.03 Å². The van der Waals surface area contributed by atoms with E-state index in [2.05, 4.69) is 15.7 Å². The smallest absolute Gasteiger partial charge is 0.319 e. The van der Waals surface area contributed by atoms with Crippen molar-refractivity contribution in [2.24, 2.45) is 0 Å². The minimum atomic E-state index is -0.323. The molecule has 2 N–H and O–H groups in total. The molecule has 0 bridgehead atoms. The van der Waals surface area contributed by atoms with Gasteiger partial charge in [-0.1, -0.05) is 12.1 Å². The van der Waals surface area contributed by atoms with Gasteiger partial charge in [-0.2, -0.15) is 5.10 Å². The minimum absolute atomic E-state index is 0.291. The van der Waals surface area contributed by atoms with Crippen LogP contribution < -0.4 is 20.1 Å². The molecule has 1 atom stereocenters. The predicted octanol–water partition coefficient (Wildman–Crippen LogP) is 4.39. The van der Waals surface area contributed by atoms with E-state index in [9.17, 15) is 4.79 Å². The standard InChI is InChI=1S/C22H26N4O3/c1-14-12-15(2)26(25-14)20-9-7-6-8-19(20)24-22(27)23-16(3)18-13-17(28-4)10-11-21(18)29-5/h6-13,16H,1-5H3,(H2,23,24,27)/t16-/m0/s1. The molecule has 3 aromatic rings. The van der Waals surface area contributed by atoms with Crippen molar-refractivity contribution >= 4 is 11.7 Å². The van der Waals surface area contributed by atoms with E-state index in [0.717, 1.165) is 22.6 Å². The van der Waals surface area contributed by atoms with Crippen molar-refractivity contribution in [3.8, 4) is 17.2 Å². The van der Waals surface area contributed by atoms with Crippen molar-refractivity contribution in [1.82, 2.24) is 15.1 Å². The Kier molecular flexibility index (Phi) is 6.07. The summed E-state index contributed by atoms with van der Waals surface area (Å²) in [7, 11) is 3.20. The highest BCUT2D eigenvalue weighted by Gasteiger charge is 2.17. The van der Waals surface area contributed by atoms with Gasteiger partial charge in [-0.15, -0.1) is 0 Å². The first-order valence-corrected chi connectivity index (χ1v) is 9.35. The first-order valence-electron chi connectivity index (χ1n) is 9.35. The second-order valence-corrected chi connectivity index (χ2v) is 6.78. The Bertz CT molecular complexity index is 1010. The molecule has 1 aromatic heterocycles. The average molecular weight is 394 g/mol. The summed E-state index contributed by atoms with van der Waals surface area (Å²) in [5.41, 5.74) is 4.21. The number of anilines is 1. The van der Waals surface area contributed by atoms with Gasteiger partial charge in [0.15, 0.2) is 0 Å². The molecule has 3 rings (SSSR count). The molecule has 0 aliphatic heterocycles. The first kappa shape index (κ1) is 20.3. The second-order valence-electron chi connectivity index (χ2n) is 6.78. The number of para-hydroxylation sites is 2. The Hall–Kier alpha value is -3.48. The minimum Gasteiger partial charge on any atom is -0.497 e. The molecule has 0 unspecified atom stereocenters. The van der Waals surface area contributed by atoms with E-state index in [1.807, 2.05) is 74.0 Å². The summed E-state index contributed by atoms with van der Waals surface area (Å²) in [5, 5.41) is 10.4. The summed E-state index contributed by atoms with van der Waals surface area (Å²) in [6, 6.07) is 14.4. The lowest BCUT2D eigenvalue weighted by Crippen LogP contribution is -2.31. The van der Waals surface area contributed by atoms with Crippen LogP contribution in [0.2, 0.25) is 0 Å². The highest BCUT2D eigenvalue weighted by Crippen LogP contribution is 2.29. The van der Waals surface area contributed by atoms with Crippen molar-refractivity contribution in [3.63, 3.8) is 0 Å². The van der Waals surface area contributed by atoms with Crippen LogP contribution in [0.25, 0.3) is 5.69 Å². The Balaban J connectivity index is 1.79. The van der Waals surface area contributed by atoms with Crippen LogP contribution in [0.5, 0.6) is 11.5 Å². The maximum absolute atomic E-state index is 12.7. The summed E-state index contributed by atoms with van der Waals surface area (Å²) in [4.78, 5) is 12.7. The molecule has 0 spiro atoms. The zero-order chi connectivity index (χ0) is 21.0. The number of urea groups is 1. The molecule has 1 heterocycles. The third kappa shape index (κ3) is 4.51. The molecule has 29 heavy (non-hydrogen) atoms. The molecule has 7 nitrogen and oxygen atoms in total. The summed E-state index contributed by atoms with van der Waals surface area (Å²) in [6.07, 6.45) is 0. The number of aryl methyl sites for hydroxylation is 2. The maximum atomic E-state index is 12.7. The van der Waals surface area contributed by atoms with E-state index in [1.165, 1.54) is 0 Å². The van der Waals surface area contributed by atoms with E-state index in [4.69, 9.17) is 9.47 Å². The van der Waals surface area contributed by atoms with Crippen molar-refractivity contribution in [2.45, 2.75) is 26.8 Å². The number of rotatable bonds is 6. The summed E-state index contributed by atoms with van der Waals surface area (Å²) >= 11 is 0. The number of carbonyl (C=O) groups excluding carboxylic acids is 1. The molecule has 0 fully saturated rings. The zero-order valence-electron chi connectivity index (χ0n) is 17.3. The van der Waals surface area contributed by atoms with E-state index >= 15 is 0 Å². The number of amides is 2. The van der Waals surface area contributed by atoms with Crippen molar-refractivity contribution < 1.29 is 14.3 Å². The molecular formula is C22H26N4O3. The molecule has 0 aliphatic rings. The number of carbonyl (C=O) groups is 1. The molecule has 2 amide bonds. The van der Waals surface area contributed by atoms with Crippen LogP contribution in [-0.2, 0) is 0 Å². The third-order valence-electron chi connectivity index (χ3n) is 4.64. The molecular weight excluding hydrogens is 368 g/mol. The molecule has 0 radical (unpaired) electrons. The largest absolute Gasteiger partial charge is 0.497 e. The fraction of sp³-hybridized carbons (Fsp3) is 0.273. The maximum Gasteiger partial charge on any atom is 0.319 e. The van der Waals surface area contributed by atoms with Crippen LogP contribution in [0, 0.1) is 13.8 Å². The van der Waals surface area contributed by atoms with E-state index < -0.39 is 0 Å². The number of hydrogen-bond donors (Lipinski definition) is 2. The molecule has 0 saturated carbocycles. The monoisotopic (exact) mass is 394 g/mol. The van der Waals surface area contributed by atoms with Gasteiger partial charge in [0.05, 0.1) is 37.3 Å². The average Bonchev–Trinajstić information content (AvgIpc) is 3.05. The normalized spacial score (nSPS) is 11.6. The quantitative estimate of drug-likeness (QED) is 0.650. The number of aromatic nitrogens is 2. The lowest BCUT2D eigenvalue weighted by Gasteiger charge is -2.19. The lowest BCUT2D eigenvalue weighted by molar-refractivity contribution is 0.249. The van der Waals surface area contributed by atoms with Crippen molar-refractivity contribution in [3.05, 3.63) is 65.5 Å². The van der Waals surface area contributed by atoms with Gasteiger partial charge in [0.2, 0.25) is 0 Å². The van der Waals surface area contributed by atoms with Gasteiger partial charge in [-0.05, 0) is 57.2 Å². The van der Waals surface area contributed by atoms with E-state index in [1.54, 1.807) is 14.2 Å². The Morgan fingerprint density at radius 2 is 1.83 bits per heavy atom. The Morgan fingerprint density at radius 1 is 1.07 bits per heavy atom. The van der Waals surface area contributed by atoms with Crippen LogP contribution in [0.4, 0.5) is 10.5 Å². The van der Waals surface area contributed by atoms with Crippen LogP contribution in [0.15, 0.2) is 48.5 Å². The topological polar surface area (TPSA) is 77.4 Å². The summed E-state index contributed by atoms with van der Waals surface area (Å²) in [5.74, 6) is 1.38. The lowest BCUT2D eigenvalue weighted by atomic mass is 10.1. The van der Waals surface area contributed by atoms with Gasteiger partial charge in [0.1, 0.15) is 11.5 Å². The number of nitrogens with zero attached hydrogens (tertiary/aromatic N) is 2. The van der Waals surface area contributed by atoms with Gasteiger partial charge in [0, 0.05) is 11.3 Å². The van der Waals surface area contributed by atoms with E-state index in [-0.39, 0.29) is 12.1 Å². The summed E-state index contributed by atoms with van der Waals surface area (Å²) in [6.45, 7) is 5.81. The van der Waals surface area contributed by atoms with Gasteiger partial charge < -0.3 is 20.1 Å². The third-order valence-corrected chi connectivity index (χ3v) is 4.64. The Labute approximate surface area is 170 Å². The van der Waals surface area contributed by atoms with Crippen molar-refractivity contribution in [1.29, 1.82) is 0 Å². The molecule has 152 valence electrons. The van der Waals surface area contributed by atoms with Crippen LogP contribution >= 0.6 is 0 Å². The number of ether oxygens (including phenoxy) is 2.